The number of carbonyl (C=O) groups excluding carboxylic acids is 2. The molecule has 0 fully saturated rings. The number of halogens is 2. The van der Waals surface area contributed by atoms with Crippen LogP contribution in [0.4, 0.5) is 10.1 Å². The van der Waals surface area contributed by atoms with E-state index in [2.05, 4.69) is 20.7 Å². The van der Waals surface area contributed by atoms with Gasteiger partial charge in [-0.05, 0) is 61.5 Å². The third kappa shape index (κ3) is 5.07. The first-order valence-electron chi connectivity index (χ1n) is 10.0. The van der Waals surface area contributed by atoms with Crippen LogP contribution in [0.1, 0.15) is 32.1 Å². The summed E-state index contributed by atoms with van der Waals surface area (Å²) in [6.45, 7) is 1.94. The van der Waals surface area contributed by atoms with E-state index in [1.807, 2.05) is 12.1 Å². The highest BCUT2D eigenvalue weighted by Gasteiger charge is 2.21. The number of hydrogen-bond acceptors (Lipinski definition) is 4. The number of benzene rings is 2. The molecule has 0 spiro atoms. The molecule has 0 aliphatic heterocycles. The fraction of sp³-hybridized carbons (Fsp3) is 0.0833. The molecule has 166 valence electrons. The molecule has 0 aliphatic rings. The predicted octanol–water partition coefficient (Wildman–Crippen LogP) is 4.55. The lowest BCUT2D eigenvalue weighted by Gasteiger charge is -2.09. The van der Waals surface area contributed by atoms with Gasteiger partial charge in [0, 0.05) is 17.4 Å². The van der Waals surface area contributed by atoms with E-state index >= 15 is 0 Å². The third-order valence-corrected chi connectivity index (χ3v) is 5.19. The zero-order chi connectivity index (χ0) is 23.4. The van der Waals surface area contributed by atoms with Crippen LogP contribution in [-0.4, -0.2) is 26.6 Å². The lowest BCUT2D eigenvalue weighted by Crippen LogP contribution is -2.23. The summed E-state index contributed by atoms with van der Waals surface area (Å²) in [4.78, 5) is 29.6. The Bertz CT molecular complexity index is 1310. The molecule has 0 saturated carbocycles. The summed E-state index contributed by atoms with van der Waals surface area (Å²) >= 11 is 6.42. The number of amides is 2. The van der Waals surface area contributed by atoms with Crippen LogP contribution in [-0.2, 0) is 6.54 Å². The number of nitrogens with one attached hydrogen (secondary N) is 2. The molecular formula is C24H19ClFN5O2. The maximum Gasteiger partial charge on any atom is 0.260 e. The fourth-order valence-corrected chi connectivity index (χ4v) is 3.58. The molecule has 2 amide bonds. The molecule has 0 unspecified atom stereocenters. The normalized spacial score (nSPS) is 10.6. The van der Waals surface area contributed by atoms with Crippen molar-refractivity contribution < 1.29 is 14.0 Å². The molecule has 2 N–H and O–H groups in total. The highest BCUT2D eigenvalue weighted by molar-refractivity contribution is 6.34. The summed E-state index contributed by atoms with van der Waals surface area (Å²) in [6.07, 6.45) is 1.66. The number of hydrogen-bond donors (Lipinski definition) is 2. The van der Waals surface area contributed by atoms with E-state index in [1.165, 1.54) is 28.9 Å². The lowest BCUT2D eigenvalue weighted by molar-refractivity contribution is 0.0949. The number of aryl methyl sites for hydroxylation is 1. The summed E-state index contributed by atoms with van der Waals surface area (Å²) in [5, 5.41) is 9.95. The van der Waals surface area contributed by atoms with Crippen molar-refractivity contribution in [3.05, 3.63) is 106 Å². The first-order chi connectivity index (χ1) is 15.9. The number of carbonyl (C=O) groups is 2. The molecule has 0 saturated heterocycles. The van der Waals surface area contributed by atoms with Crippen LogP contribution in [0.15, 0.2) is 72.9 Å². The van der Waals surface area contributed by atoms with Gasteiger partial charge in [-0.15, -0.1) is 0 Å². The van der Waals surface area contributed by atoms with Gasteiger partial charge in [0.05, 0.1) is 23.6 Å². The summed E-state index contributed by atoms with van der Waals surface area (Å²) in [7, 11) is 0. The van der Waals surface area contributed by atoms with Crippen molar-refractivity contribution in [1.29, 1.82) is 0 Å². The second kappa shape index (κ2) is 9.62. The number of pyridine rings is 1. The molecular weight excluding hydrogens is 445 g/mol. The largest absolute Gasteiger partial charge is 0.346 e. The van der Waals surface area contributed by atoms with Crippen molar-refractivity contribution in [2.75, 3.05) is 5.32 Å². The Balaban J connectivity index is 1.49. The fourth-order valence-electron chi connectivity index (χ4n) is 3.22. The van der Waals surface area contributed by atoms with Crippen LogP contribution < -0.4 is 10.6 Å². The summed E-state index contributed by atoms with van der Waals surface area (Å²) in [6, 6.07) is 17.6. The number of anilines is 1. The minimum Gasteiger partial charge on any atom is -0.346 e. The maximum absolute atomic E-state index is 13.2. The van der Waals surface area contributed by atoms with E-state index in [0.29, 0.717) is 22.6 Å². The Morgan fingerprint density at radius 3 is 2.55 bits per heavy atom. The van der Waals surface area contributed by atoms with Gasteiger partial charge in [-0.3, -0.25) is 14.6 Å². The first kappa shape index (κ1) is 22.2. The van der Waals surface area contributed by atoms with E-state index < -0.39 is 5.91 Å². The van der Waals surface area contributed by atoms with E-state index in [4.69, 9.17) is 11.6 Å². The summed E-state index contributed by atoms with van der Waals surface area (Å²) < 4.78 is 14.6. The maximum atomic E-state index is 13.2. The number of rotatable bonds is 6. The van der Waals surface area contributed by atoms with Gasteiger partial charge >= 0.3 is 0 Å². The minimum absolute atomic E-state index is 0.0980. The Morgan fingerprint density at radius 1 is 1.03 bits per heavy atom. The van der Waals surface area contributed by atoms with E-state index in [0.717, 1.165) is 5.69 Å². The molecule has 7 nitrogen and oxygen atoms in total. The quantitative estimate of drug-likeness (QED) is 0.439. The van der Waals surface area contributed by atoms with E-state index in [-0.39, 0.29) is 29.0 Å². The second-order valence-electron chi connectivity index (χ2n) is 7.18. The SMILES string of the molecule is Cc1nn(-c2ccc(F)cc2)c(Cl)c1C(=O)Nc1cccc(C(=O)NCc2ccccn2)c1. The molecule has 4 rings (SSSR count). The highest BCUT2D eigenvalue weighted by atomic mass is 35.5. The Morgan fingerprint density at radius 2 is 1.82 bits per heavy atom. The van der Waals surface area contributed by atoms with Crippen molar-refractivity contribution in [3.8, 4) is 5.69 Å². The molecule has 0 bridgehead atoms. The van der Waals surface area contributed by atoms with Gasteiger partial charge in [0.15, 0.2) is 0 Å². The smallest absolute Gasteiger partial charge is 0.260 e. The van der Waals surface area contributed by atoms with Crippen LogP contribution in [0.3, 0.4) is 0 Å². The molecule has 2 heterocycles. The predicted molar refractivity (Wildman–Crippen MR) is 123 cm³/mol. The van der Waals surface area contributed by atoms with Crippen LogP contribution in [0.25, 0.3) is 5.69 Å². The minimum atomic E-state index is -0.475. The zero-order valence-electron chi connectivity index (χ0n) is 17.5. The number of aromatic nitrogens is 3. The molecule has 0 radical (unpaired) electrons. The van der Waals surface area contributed by atoms with Gasteiger partial charge < -0.3 is 10.6 Å². The average molecular weight is 464 g/mol. The van der Waals surface area contributed by atoms with Gasteiger partial charge in [-0.2, -0.15) is 5.10 Å². The van der Waals surface area contributed by atoms with Crippen molar-refractivity contribution >= 4 is 29.1 Å². The Hall–Kier alpha value is -4.04. The summed E-state index contributed by atoms with van der Waals surface area (Å²) in [5.41, 5.74) is 2.66. The van der Waals surface area contributed by atoms with Crippen molar-refractivity contribution in [2.45, 2.75) is 13.5 Å². The molecule has 33 heavy (non-hydrogen) atoms. The van der Waals surface area contributed by atoms with Crippen molar-refractivity contribution in [2.24, 2.45) is 0 Å². The highest BCUT2D eigenvalue weighted by Crippen LogP contribution is 2.25. The number of nitrogens with zero attached hydrogens (tertiary/aromatic N) is 3. The van der Waals surface area contributed by atoms with Crippen LogP contribution in [0.2, 0.25) is 5.15 Å². The van der Waals surface area contributed by atoms with Gasteiger partial charge in [0.2, 0.25) is 0 Å². The second-order valence-corrected chi connectivity index (χ2v) is 7.54. The Kier molecular flexibility index (Phi) is 6.46. The Labute approximate surface area is 194 Å². The van der Waals surface area contributed by atoms with Crippen molar-refractivity contribution in [1.82, 2.24) is 20.1 Å². The van der Waals surface area contributed by atoms with Crippen molar-refractivity contribution in [3.63, 3.8) is 0 Å². The van der Waals surface area contributed by atoms with E-state index in [1.54, 1.807) is 43.5 Å². The zero-order valence-corrected chi connectivity index (χ0v) is 18.3. The van der Waals surface area contributed by atoms with Crippen LogP contribution in [0, 0.1) is 12.7 Å². The van der Waals surface area contributed by atoms with Gasteiger partial charge in [-0.1, -0.05) is 23.7 Å². The van der Waals surface area contributed by atoms with Crippen LogP contribution >= 0.6 is 11.6 Å². The van der Waals surface area contributed by atoms with E-state index in [9.17, 15) is 14.0 Å². The summed E-state index contributed by atoms with van der Waals surface area (Å²) in [5.74, 6) is -1.16. The van der Waals surface area contributed by atoms with Crippen LogP contribution in [0.5, 0.6) is 0 Å². The molecule has 2 aromatic heterocycles. The first-order valence-corrected chi connectivity index (χ1v) is 10.4. The monoisotopic (exact) mass is 463 g/mol. The molecule has 0 atom stereocenters. The lowest BCUT2D eigenvalue weighted by atomic mass is 10.1. The molecule has 2 aromatic carbocycles. The van der Waals surface area contributed by atoms with Gasteiger partial charge in [-0.25, -0.2) is 9.07 Å². The molecule has 0 aliphatic carbocycles. The average Bonchev–Trinajstić information content (AvgIpc) is 3.12. The third-order valence-electron chi connectivity index (χ3n) is 4.84. The van der Waals surface area contributed by atoms with Gasteiger partial charge in [0.1, 0.15) is 16.5 Å². The standard InChI is InChI=1S/C24H19ClFN5O2/c1-15-21(22(25)31(30-15)20-10-8-17(26)9-11-20)24(33)29-18-7-4-5-16(13-18)23(32)28-14-19-6-2-3-12-27-19/h2-13H,14H2,1H3,(H,28,32)(H,29,33). The molecule has 4 aromatic rings. The van der Waals surface area contributed by atoms with Gasteiger partial charge in [0.25, 0.3) is 11.8 Å². The molecule has 9 heteroatoms. The topological polar surface area (TPSA) is 88.9 Å².